The standard InChI is InChI=1S/C25H33N3O3/c1-18(2)22-7-4-20(5-8-22)16-27-10-12-28(13-11-27)19(3)25(29)26-15-21-6-9-23-24(14-21)31-17-30-23/h4-9,14,18-19H,10-13,15-17H2,1-3H3,(H,26,29). The summed E-state index contributed by atoms with van der Waals surface area (Å²) in [6, 6.07) is 14.6. The molecule has 0 aromatic heterocycles. The fraction of sp³-hybridized carbons (Fsp3) is 0.480. The van der Waals surface area contributed by atoms with Crippen molar-refractivity contribution in [3.05, 3.63) is 59.2 Å². The van der Waals surface area contributed by atoms with Crippen LogP contribution in [-0.4, -0.2) is 54.7 Å². The van der Waals surface area contributed by atoms with Gasteiger partial charge in [0.15, 0.2) is 11.5 Å². The van der Waals surface area contributed by atoms with Crippen LogP contribution in [-0.2, 0) is 17.9 Å². The smallest absolute Gasteiger partial charge is 0.237 e. The molecule has 1 atom stereocenters. The number of ether oxygens (including phenoxy) is 2. The van der Waals surface area contributed by atoms with Crippen LogP contribution < -0.4 is 14.8 Å². The molecule has 1 saturated heterocycles. The lowest BCUT2D eigenvalue weighted by atomic mass is 10.0. The van der Waals surface area contributed by atoms with Gasteiger partial charge in [-0.1, -0.05) is 44.2 Å². The van der Waals surface area contributed by atoms with Crippen molar-refractivity contribution in [3.8, 4) is 11.5 Å². The molecule has 6 heteroatoms. The number of amides is 1. The van der Waals surface area contributed by atoms with Crippen LogP contribution in [0.2, 0.25) is 0 Å². The molecule has 6 nitrogen and oxygen atoms in total. The topological polar surface area (TPSA) is 54.0 Å². The van der Waals surface area contributed by atoms with E-state index in [1.165, 1.54) is 11.1 Å². The van der Waals surface area contributed by atoms with Gasteiger partial charge in [0.05, 0.1) is 6.04 Å². The van der Waals surface area contributed by atoms with Crippen LogP contribution in [0.4, 0.5) is 0 Å². The Hall–Kier alpha value is -2.57. The fourth-order valence-corrected chi connectivity index (χ4v) is 4.13. The quantitative estimate of drug-likeness (QED) is 0.740. The van der Waals surface area contributed by atoms with E-state index in [9.17, 15) is 4.79 Å². The molecule has 1 amide bonds. The fourth-order valence-electron chi connectivity index (χ4n) is 4.13. The van der Waals surface area contributed by atoms with Crippen molar-refractivity contribution >= 4 is 5.91 Å². The maximum atomic E-state index is 12.7. The van der Waals surface area contributed by atoms with E-state index in [-0.39, 0.29) is 18.7 Å². The second-order valence-corrected chi connectivity index (χ2v) is 8.79. The van der Waals surface area contributed by atoms with E-state index in [1.54, 1.807) is 0 Å². The highest BCUT2D eigenvalue weighted by Gasteiger charge is 2.25. The molecule has 0 aliphatic carbocycles. The summed E-state index contributed by atoms with van der Waals surface area (Å²) < 4.78 is 10.7. The molecule has 166 valence electrons. The zero-order valence-electron chi connectivity index (χ0n) is 18.8. The highest BCUT2D eigenvalue weighted by Crippen LogP contribution is 2.32. The highest BCUT2D eigenvalue weighted by molar-refractivity contribution is 5.81. The number of rotatable bonds is 7. The first kappa shape index (κ1) is 21.7. The molecular weight excluding hydrogens is 390 g/mol. The van der Waals surface area contributed by atoms with E-state index in [0.29, 0.717) is 12.5 Å². The van der Waals surface area contributed by atoms with Crippen LogP contribution in [0.25, 0.3) is 0 Å². The van der Waals surface area contributed by atoms with Crippen LogP contribution >= 0.6 is 0 Å². The van der Waals surface area contributed by atoms with E-state index in [0.717, 1.165) is 49.8 Å². The number of nitrogens with one attached hydrogen (secondary N) is 1. The molecule has 2 aliphatic rings. The van der Waals surface area contributed by atoms with E-state index in [1.807, 2.05) is 25.1 Å². The van der Waals surface area contributed by atoms with Crippen LogP contribution in [0, 0.1) is 0 Å². The lowest BCUT2D eigenvalue weighted by molar-refractivity contribution is -0.126. The number of benzene rings is 2. The summed E-state index contributed by atoms with van der Waals surface area (Å²) in [5, 5.41) is 3.06. The number of hydrogen-bond acceptors (Lipinski definition) is 5. The largest absolute Gasteiger partial charge is 0.454 e. The van der Waals surface area contributed by atoms with Gasteiger partial charge in [0.1, 0.15) is 0 Å². The molecule has 0 radical (unpaired) electrons. The Morgan fingerprint density at radius 2 is 1.61 bits per heavy atom. The number of fused-ring (bicyclic) bond motifs is 1. The van der Waals surface area contributed by atoms with Gasteiger partial charge in [-0.25, -0.2) is 0 Å². The van der Waals surface area contributed by atoms with Gasteiger partial charge < -0.3 is 14.8 Å². The van der Waals surface area contributed by atoms with Crippen LogP contribution in [0.3, 0.4) is 0 Å². The molecule has 2 aromatic rings. The Morgan fingerprint density at radius 1 is 0.935 bits per heavy atom. The van der Waals surface area contributed by atoms with Gasteiger partial charge in [-0.3, -0.25) is 14.6 Å². The van der Waals surface area contributed by atoms with E-state index < -0.39 is 0 Å². The zero-order chi connectivity index (χ0) is 21.8. The average Bonchev–Trinajstić information content (AvgIpc) is 3.26. The van der Waals surface area contributed by atoms with Crippen molar-refractivity contribution in [1.29, 1.82) is 0 Å². The second-order valence-electron chi connectivity index (χ2n) is 8.79. The van der Waals surface area contributed by atoms with Gasteiger partial charge >= 0.3 is 0 Å². The summed E-state index contributed by atoms with van der Waals surface area (Å²) in [7, 11) is 0. The maximum absolute atomic E-state index is 12.7. The molecule has 0 spiro atoms. The minimum atomic E-state index is -0.138. The molecule has 2 aromatic carbocycles. The first-order chi connectivity index (χ1) is 15.0. The Bertz CT molecular complexity index is 889. The normalized spacial score (nSPS) is 17.7. The zero-order valence-corrected chi connectivity index (χ0v) is 18.8. The van der Waals surface area contributed by atoms with Gasteiger partial charge in [0.2, 0.25) is 12.7 Å². The minimum Gasteiger partial charge on any atom is -0.454 e. The van der Waals surface area contributed by atoms with Crippen LogP contribution in [0.1, 0.15) is 43.4 Å². The molecule has 4 rings (SSSR count). The Morgan fingerprint density at radius 3 is 2.32 bits per heavy atom. The van der Waals surface area contributed by atoms with Crippen molar-refractivity contribution < 1.29 is 14.3 Å². The SMILES string of the molecule is CC(C)c1ccc(CN2CCN(C(C)C(=O)NCc3ccc4c(c3)OCO4)CC2)cc1. The number of hydrogen-bond donors (Lipinski definition) is 1. The summed E-state index contributed by atoms with van der Waals surface area (Å²) >= 11 is 0. The van der Waals surface area contributed by atoms with Crippen molar-refractivity contribution in [2.24, 2.45) is 0 Å². The van der Waals surface area contributed by atoms with Gasteiger partial charge in [0.25, 0.3) is 0 Å². The number of carbonyl (C=O) groups is 1. The van der Waals surface area contributed by atoms with Gasteiger partial charge in [-0.2, -0.15) is 0 Å². The third-order valence-corrected chi connectivity index (χ3v) is 6.29. The third kappa shape index (κ3) is 5.38. The Kier molecular flexibility index (Phi) is 6.78. The number of carbonyl (C=O) groups excluding carboxylic acids is 1. The minimum absolute atomic E-state index is 0.0652. The summed E-state index contributed by atoms with van der Waals surface area (Å²) in [5.74, 6) is 2.14. The highest BCUT2D eigenvalue weighted by atomic mass is 16.7. The van der Waals surface area contributed by atoms with E-state index in [2.05, 4.69) is 53.2 Å². The molecule has 2 heterocycles. The summed E-state index contributed by atoms with van der Waals surface area (Å²) in [5.41, 5.74) is 3.75. The van der Waals surface area contributed by atoms with E-state index >= 15 is 0 Å². The average molecular weight is 424 g/mol. The first-order valence-corrected chi connectivity index (χ1v) is 11.2. The first-order valence-electron chi connectivity index (χ1n) is 11.2. The maximum Gasteiger partial charge on any atom is 0.237 e. The molecule has 0 bridgehead atoms. The number of nitrogens with zero attached hydrogens (tertiary/aromatic N) is 2. The molecule has 2 aliphatic heterocycles. The predicted molar refractivity (Wildman–Crippen MR) is 121 cm³/mol. The number of piperazine rings is 1. The predicted octanol–water partition coefficient (Wildman–Crippen LogP) is 3.36. The third-order valence-electron chi connectivity index (χ3n) is 6.29. The Balaban J connectivity index is 1.22. The molecule has 31 heavy (non-hydrogen) atoms. The van der Waals surface area contributed by atoms with Crippen molar-refractivity contribution in [1.82, 2.24) is 15.1 Å². The monoisotopic (exact) mass is 423 g/mol. The van der Waals surface area contributed by atoms with Gasteiger partial charge in [-0.15, -0.1) is 0 Å². The molecule has 0 saturated carbocycles. The summed E-state index contributed by atoms with van der Waals surface area (Å²) in [4.78, 5) is 17.4. The van der Waals surface area contributed by atoms with Crippen molar-refractivity contribution in [2.45, 2.75) is 45.8 Å². The van der Waals surface area contributed by atoms with E-state index in [4.69, 9.17) is 9.47 Å². The lowest BCUT2D eigenvalue weighted by Crippen LogP contribution is -2.53. The lowest BCUT2D eigenvalue weighted by Gasteiger charge is -2.37. The summed E-state index contributed by atoms with van der Waals surface area (Å²) in [6.45, 7) is 11.9. The summed E-state index contributed by atoms with van der Waals surface area (Å²) in [6.07, 6.45) is 0. The van der Waals surface area contributed by atoms with Gasteiger partial charge in [-0.05, 0) is 41.7 Å². The van der Waals surface area contributed by atoms with Crippen LogP contribution in [0.15, 0.2) is 42.5 Å². The van der Waals surface area contributed by atoms with Crippen LogP contribution in [0.5, 0.6) is 11.5 Å². The molecule has 1 unspecified atom stereocenters. The van der Waals surface area contributed by atoms with Gasteiger partial charge in [0, 0.05) is 39.3 Å². The van der Waals surface area contributed by atoms with Crippen molar-refractivity contribution in [2.75, 3.05) is 33.0 Å². The molecule has 1 N–H and O–H groups in total. The molecular formula is C25H33N3O3. The second kappa shape index (κ2) is 9.71. The van der Waals surface area contributed by atoms with Crippen molar-refractivity contribution in [3.63, 3.8) is 0 Å². The Labute approximate surface area is 185 Å². The molecule has 1 fully saturated rings.